The molecule has 1 unspecified atom stereocenters. The molecule has 0 aliphatic heterocycles. The minimum absolute atomic E-state index is 0.172. The van der Waals surface area contributed by atoms with Crippen LogP contribution in [0.2, 0.25) is 0 Å². The van der Waals surface area contributed by atoms with Crippen molar-refractivity contribution in [1.82, 2.24) is 9.29 Å². The van der Waals surface area contributed by atoms with Gasteiger partial charge in [0.2, 0.25) is 10.0 Å². The average Bonchev–Trinajstić information content (AvgIpc) is 2.87. The second kappa shape index (κ2) is 6.21. The molecule has 1 aromatic carbocycles. The van der Waals surface area contributed by atoms with Crippen molar-refractivity contribution in [3.05, 3.63) is 54.4 Å². The molecule has 2 aromatic rings. The normalized spacial score (nSPS) is 13.3. The fourth-order valence-electron chi connectivity index (χ4n) is 1.94. The third-order valence-electron chi connectivity index (χ3n) is 3.09. The molecule has 0 bridgehead atoms. The first kappa shape index (κ1) is 14.8. The van der Waals surface area contributed by atoms with Gasteiger partial charge >= 0.3 is 0 Å². The molecule has 20 heavy (non-hydrogen) atoms. The Morgan fingerprint density at radius 3 is 2.55 bits per heavy atom. The van der Waals surface area contributed by atoms with Crippen LogP contribution in [0.5, 0.6) is 0 Å². The highest BCUT2D eigenvalue weighted by atomic mass is 32.2. The van der Waals surface area contributed by atoms with E-state index >= 15 is 0 Å². The van der Waals surface area contributed by atoms with Gasteiger partial charge in [0.05, 0.1) is 4.90 Å². The van der Waals surface area contributed by atoms with Gasteiger partial charge in [-0.25, -0.2) is 13.1 Å². The van der Waals surface area contributed by atoms with Crippen LogP contribution >= 0.6 is 0 Å². The number of rotatable bonds is 6. The van der Waals surface area contributed by atoms with Crippen LogP contribution < -0.4 is 10.5 Å². The van der Waals surface area contributed by atoms with Gasteiger partial charge in [0, 0.05) is 32.0 Å². The average molecular weight is 293 g/mol. The molecule has 108 valence electrons. The van der Waals surface area contributed by atoms with Gasteiger partial charge in [0.25, 0.3) is 0 Å². The van der Waals surface area contributed by atoms with E-state index < -0.39 is 10.0 Å². The SMILES string of the molecule is Cn1ccc(S(=O)(=O)NCCC(N)c2ccccc2)c1. The second-order valence-electron chi connectivity index (χ2n) is 4.72. The van der Waals surface area contributed by atoms with E-state index in [0.29, 0.717) is 13.0 Å². The molecule has 0 spiro atoms. The lowest BCUT2D eigenvalue weighted by Crippen LogP contribution is -2.27. The molecule has 6 heteroatoms. The van der Waals surface area contributed by atoms with Gasteiger partial charge in [0.1, 0.15) is 0 Å². The van der Waals surface area contributed by atoms with Crippen LogP contribution in [0.15, 0.2) is 53.7 Å². The summed E-state index contributed by atoms with van der Waals surface area (Å²) >= 11 is 0. The van der Waals surface area contributed by atoms with Gasteiger partial charge in [-0.1, -0.05) is 30.3 Å². The smallest absolute Gasteiger partial charge is 0.242 e. The monoisotopic (exact) mass is 293 g/mol. The number of sulfonamides is 1. The predicted octanol–water partition coefficient (Wildman–Crippen LogP) is 1.39. The lowest BCUT2D eigenvalue weighted by atomic mass is 10.1. The molecule has 0 amide bonds. The predicted molar refractivity (Wildman–Crippen MR) is 78.6 cm³/mol. The summed E-state index contributed by atoms with van der Waals surface area (Å²) in [4.78, 5) is 0.272. The van der Waals surface area contributed by atoms with Crippen molar-refractivity contribution in [2.45, 2.75) is 17.4 Å². The molecule has 0 saturated heterocycles. The van der Waals surface area contributed by atoms with Crippen LogP contribution in [0.4, 0.5) is 0 Å². The van der Waals surface area contributed by atoms with Gasteiger partial charge in [-0.2, -0.15) is 0 Å². The Kier molecular flexibility index (Phi) is 4.59. The van der Waals surface area contributed by atoms with Crippen molar-refractivity contribution in [2.24, 2.45) is 12.8 Å². The molecule has 0 aliphatic rings. The van der Waals surface area contributed by atoms with Gasteiger partial charge in [-0.05, 0) is 18.1 Å². The highest BCUT2D eigenvalue weighted by molar-refractivity contribution is 7.89. The molecular weight excluding hydrogens is 274 g/mol. The Labute approximate surface area is 119 Å². The highest BCUT2D eigenvalue weighted by Crippen LogP contribution is 2.13. The zero-order valence-electron chi connectivity index (χ0n) is 11.4. The van der Waals surface area contributed by atoms with Gasteiger partial charge in [0.15, 0.2) is 0 Å². The fourth-order valence-corrected chi connectivity index (χ4v) is 3.03. The van der Waals surface area contributed by atoms with Crippen LogP contribution in [0.25, 0.3) is 0 Å². The number of nitrogens with one attached hydrogen (secondary N) is 1. The lowest BCUT2D eigenvalue weighted by molar-refractivity contribution is 0.569. The number of hydrogen-bond acceptors (Lipinski definition) is 3. The fraction of sp³-hybridized carbons (Fsp3) is 0.286. The van der Waals surface area contributed by atoms with E-state index in [-0.39, 0.29) is 10.9 Å². The molecule has 3 N–H and O–H groups in total. The van der Waals surface area contributed by atoms with Crippen LogP contribution in [0.1, 0.15) is 18.0 Å². The van der Waals surface area contributed by atoms with E-state index in [1.165, 1.54) is 0 Å². The third kappa shape index (κ3) is 3.69. The quantitative estimate of drug-likeness (QED) is 0.845. The third-order valence-corrected chi connectivity index (χ3v) is 4.54. The van der Waals surface area contributed by atoms with Crippen molar-refractivity contribution >= 4 is 10.0 Å². The number of hydrogen-bond donors (Lipinski definition) is 2. The molecule has 5 nitrogen and oxygen atoms in total. The van der Waals surface area contributed by atoms with Crippen molar-refractivity contribution < 1.29 is 8.42 Å². The largest absolute Gasteiger partial charge is 0.356 e. The molecule has 2 rings (SSSR count). The number of aromatic nitrogens is 1. The Hall–Kier alpha value is -1.63. The zero-order valence-corrected chi connectivity index (χ0v) is 12.2. The molecule has 1 aromatic heterocycles. The molecule has 1 heterocycles. The van der Waals surface area contributed by atoms with E-state index in [4.69, 9.17) is 5.73 Å². The summed E-state index contributed by atoms with van der Waals surface area (Å²) in [5.74, 6) is 0. The lowest BCUT2D eigenvalue weighted by Gasteiger charge is -2.12. The van der Waals surface area contributed by atoms with Crippen molar-refractivity contribution in [3.63, 3.8) is 0 Å². The Bertz CT molecular complexity index is 650. The van der Waals surface area contributed by atoms with Crippen LogP contribution in [0.3, 0.4) is 0 Å². The Morgan fingerprint density at radius 1 is 1.25 bits per heavy atom. The summed E-state index contributed by atoms with van der Waals surface area (Å²) < 4.78 is 28.3. The summed E-state index contributed by atoms with van der Waals surface area (Å²) in [5.41, 5.74) is 7.03. The van der Waals surface area contributed by atoms with Gasteiger partial charge in [-0.15, -0.1) is 0 Å². The van der Waals surface area contributed by atoms with Crippen LogP contribution in [0, 0.1) is 0 Å². The molecule has 0 radical (unpaired) electrons. The van der Waals surface area contributed by atoms with Gasteiger partial charge in [-0.3, -0.25) is 0 Å². The van der Waals surface area contributed by atoms with Crippen molar-refractivity contribution in [1.29, 1.82) is 0 Å². The maximum atomic E-state index is 12.0. The summed E-state index contributed by atoms with van der Waals surface area (Å²) in [6, 6.07) is 11.0. The summed E-state index contributed by atoms with van der Waals surface area (Å²) in [7, 11) is -1.66. The molecule has 0 aliphatic carbocycles. The first-order chi connectivity index (χ1) is 9.49. The van der Waals surface area contributed by atoms with E-state index in [1.807, 2.05) is 30.3 Å². The van der Waals surface area contributed by atoms with Crippen LogP contribution in [-0.2, 0) is 17.1 Å². The first-order valence-corrected chi connectivity index (χ1v) is 7.89. The summed E-state index contributed by atoms with van der Waals surface area (Å²) in [5, 5.41) is 0. The molecule has 1 atom stereocenters. The van der Waals surface area contributed by atoms with E-state index in [0.717, 1.165) is 5.56 Å². The number of nitrogens with two attached hydrogens (primary N) is 1. The minimum atomic E-state index is -3.44. The van der Waals surface area contributed by atoms with Crippen molar-refractivity contribution in [2.75, 3.05) is 6.54 Å². The molecule has 0 fully saturated rings. The Morgan fingerprint density at radius 2 is 1.95 bits per heavy atom. The van der Waals surface area contributed by atoms with E-state index in [9.17, 15) is 8.42 Å². The topological polar surface area (TPSA) is 77.1 Å². The van der Waals surface area contributed by atoms with E-state index in [2.05, 4.69) is 4.72 Å². The first-order valence-electron chi connectivity index (χ1n) is 6.41. The van der Waals surface area contributed by atoms with Gasteiger partial charge < -0.3 is 10.3 Å². The number of benzene rings is 1. The highest BCUT2D eigenvalue weighted by Gasteiger charge is 2.15. The van der Waals surface area contributed by atoms with E-state index in [1.54, 1.807) is 30.1 Å². The second-order valence-corrected chi connectivity index (χ2v) is 6.48. The minimum Gasteiger partial charge on any atom is -0.356 e. The maximum Gasteiger partial charge on any atom is 0.242 e. The zero-order chi connectivity index (χ0) is 14.6. The Balaban J connectivity index is 1.90. The summed E-state index contributed by atoms with van der Waals surface area (Å²) in [6.45, 7) is 0.313. The van der Waals surface area contributed by atoms with Crippen LogP contribution in [-0.4, -0.2) is 19.5 Å². The van der Waals surface area contributed by atoms with Crippen molar-refractivity contribution in [3.8, 4) is 0 Å². The molecule has 0 saturated carbocycles. The number of aryl methyl sites for hydroxylation is 1. The summed E-state index contributed by atoms with van der Waals surface area (Å²) in [6.07, 6.45) is 3.82. The number of nitrogens with zero attached hydrogens (tertiary/aromatic N) is 1. The molecular formula is C14H19N3O2S. The standard InChI is InChI=1S/C14H19N3O2S/c1-17-10-8-13(11-17)20(18,19)16-9-7-14(15)12-5-3-2-4-6-12/h2-6,8,10-11,14,16H,7,9,15H2,1H3. The maximum absolute atomic E-state index is 12.0.